The summed E-state index contributed by atoms with van der Waals surface area (Å²) in [4.78, 5) is 4.56. The molecule has 0 amide bonds. The predicted octanol–water partition coefficient (Wildman–Crippen LogP) is 3.54. The molecular weight excluding hydrogens is 306 g/mol. The fraction of sp³-hybridized carbons (Fsp3) is 0.286. The standard InChI is InChI=1S/C14H14ClN5S/c1-3-4-11-12-13(17-18-14(16-12)21-2)20(19-11)10-7-5-9(15)6-8-10/h5-8H,3-4H2,1-2H3. The summed E-state index contributed by atoms with van der Waals surface area (Å²) in [5.41, 5.74) is 3.36. The van der Waals surface area contributed by atoms with Crippen molar-refractivity contribution in [3.63, 3.8) is 0 Å². The Labute approximate surface area is 131 Å². The minimum absolute atomic E-state index is 0.663. The van der Waals surface area contributed by atoms with Crippen molar-refractivity contribution in [2.75, 3.05) is 6.26 Å². The Morgan fingerprint density at radius 2 is 1.95 bits per heavy atom. The minimum Gasteiger partial charge on any atom is -0.216 e. The van der Waals surface area contributed by atoms with E-state index in [-0.39, 0.29) is 0 Å². The number of aryl methyl sites for hydroxylation is 1. The molecule has 0 radical (unpaired) electrons. The lowest BCUT2D eigenvalue weighted by molar-refractivity contribution is 0.808. The lowest BCUT2D eigenvalue weighted by Gasteiger charge is -2.02. The van der Waals surface area contributed by atoms with Crippen LogP contribution in [0.4, 0.5) is 0 Å². The van der Waals surface area contributed by atoms with Gasteiger partial charge in [0.05, 0.1) is 11.4 Å². The van der Waals surface area contributed by atoms with Gasteiger partial charge in [-0.2, -0.15) is 5.10 Å². The highest BCUT2D eigenvalue weighted by Gasteiger charge is 2.15. The first-order valence-electron chi connectivity index (χ1n) is 6.65. The van der Waals surface area contributed by atoms with E-state index in [1.807, 2.05) is 30.5 Å². The molecule has 0 saturated carbocycles. The summed E-state index contributed by atoms with van der Waals surface area (Å²) in [7, 11) is 0. The summed E-state index contributed by atoms with van der Waals surface area (Å²) in [5.74, 6) is 0. The van der Waals surface area contributed by atoms with Crippen molar-refractivity contribution in [3.8, 4) is 5.69 Å². The van der Waals surface area contributed by atoms with Gasteiger partial charge in [0.1, 0.15) is 5.52 Å². The molecule has 0 spiro atoms. The smallest absolute Gasteiger partial charge is 0.209 e. The number of nitrogens with zero attached hydrogens (tertiary/aromatic N) is 5. The second kappa shape index (κ2) is 5.99. The molecule has 1 aromatic carbocycles. The Kier molecular flexibility index (Phi) is 4.07. The summed E-state index contributed by atoms with van der Waals surface area (Å²) < 4.78 is 1.78. The zero-order chi connectivity index (χ0) is 14.8. The Bertz CT molecular complexity index is 769. The van der Waals surface area contributed by atoms with Crippen molar-refractivity contribution in [2.24, 2.45) is 0 Å². The van der Waals surface area contributed by atoms with E-state index in [1.54, 1.807) is 4.68 Å². The maximum atomic E-state index is 5.94. The molecule has 0 saturated heterocycles. The largest absolute Gasteiger partial charge is 0.216 e. The molecule has 0 aliphatic heterocycles. The fourth-order valence-corrected chi connectivity index (χ4v) is 2.54. The zero-order valence-electron chi connectivity index (χ0n) is 11.7. The SMILES string of the molecule is CCCc1nn(-c2ccc(Cl)cc2)c2nnc(SC)nc12. The Hall–Kier alpha value is -1.66. The van der Waals surface area contributed by atoms with Crippen LogP contribution in [0.2, 0.25) is 5.02 Å². The third-order valence-electron chi connectivity index (χ3n) is 3.08. The van der Waals surface area contributed by atoms with Crippen LogP contribution in [0.1, 0.15) is 19.0 Å². The van der Waals surface area contributed by atoms with Crippen molar-refractivity contribution in [1.82, 2.24) is 25.0 Å². The van der Waals surface area contributed by atoms with E-state index in [9.17, 15) is 0 Å². The average Bonchev–Trinajstić information content (AvgIpc) is 2.86. The summed E-state index contributed by atoms with van der Waals surface area (Å²) >= 11 is 7.42. The molecule has 108 valence electrons. The number of thioether (sulfide) groups is 1. The maximum Gasteiger partial charge on any atom is 0.209 e. The maximum absolute atomic E-state index is 5.94. The van der Waals surface area contributed by atoms with Gasteiger partial charge in [0, 0.05) is 5.02 Å². The molecule has 0 unspecified atom stereocenters. The molecule has 3 rings (SSSR count). The molecule has 0 bridgehead atoms. The molecular formula is C14H14ClN5S. The van der Waals surface area contributed by atoms with Crippen LogP contribution >= 0.6 is 23.4 Å². The molecule has 2 aromatic heterocycles. The monoisotopic (exact) mass is 319 g/mol. The number of hydrogen-bond acceptors (Lipinski definition) is 5. The van der Waals surface area contributed by atoms with Crippen molar-refractivity contribution in [3.05, 3.63) is 35.0 Å². The van der Waals surface area contributed by atoms with E-state index in [0.717, 1.165) is 29.7 Å². The zero-order valence-corrected chi connectivity index (χ0v) is 13.3. The van der Waals surface area contributed by atoms with Crippen LogP contribution in [0.5, 0.6) is 0 Å². The Balaban J connectivity index is 2.20. The van der Waals surface area contributed by atoms with Crippen LogP contribution in [0.3, 0.4) is 0 Å². The first-order valence-corrected chi connectivity index (χ1v) is 8.25. The van der Waals surface area contributed by atoms with Gasteiger partial charge in [-0.15, -0.1) is 10.2 Å². The quantitative estimate of drug-likeness (QED) is 0.688. The highest BCUT2D eigenvalue weighted by atomic mass is 35.5. The molecule has 21 heavy (non-hydrogen) atoms. The summed E-state index contributed by atoms with van der Waals surface area (Å²) in [5, 5.41) is 14.4. The van der Waals surface area contributed by atoms with Crippen molar-refractivity contribution < 1.29 is 0 Å². The van der Waals surface area contributed by atoms with Crippen LogP contribution in [-0.4, -0.2) is 31.2 Å². The molecule has 0 atom stereocenters. The second-order valence-corrected chi connectivity index (χ2v) is 5.77. The number of halogens is 1. The summed E-state index contributed by atoms with van der Waals surface area (Å²) in [6, 6.07) is 7.49. The van der Waals surface area contributed by atoms with Gasteiger partial charge in [-0.25, -0.2) is 9.67 Å². The molecule has 7 heteroatoms. The molecule has 0 aliphatic carbocycles. The van der Waals surface area contributed by atoms with Gasteiger partial charge in [-0.3, -0.25) is 0 Å². The van der Waals surface area contributed by atoms with Gasteiger partial charge in [-0.05, 0) is 36.9 Å². The number of rotatable bonds is 4. The molecule has 3 aromatic rings. The van der Waals surface area contributed by atoms with Crippen LogP contribution in [-0.2, 0) is 6.42 Å². The third kappa shape index (κ3) is 2.73. The first kappa shape index (κ1) is 14.3. The minimum atomic E-state index is 0.663. The molecule has 5 nitrogen and oxygen atoms in total. The molecule has 0 aliphatic rings. The third-order valence-corrected chi connectivity index (χ3v) is 3.87. The van der Waals surface area contributed by atoms with Crippen molar-refractivity contribution in [2.45, 2.75) is 24.9 Å². The Morgan fingerprint density at radius 3 is 2.62 bits per heavy atom. The normalized spacial score (nSPS) is 11.2. The van der Waals surface area contributed by atoms with E-state index in [1.165, 1.54) is 11.8 Å². The fourth-order valence-electron chi connectivity index (χ4n) is 2.11. The molecule has 0 N–H and O–H groups in total. The van der Waals surface area contributed by atoms with Crippen LogP contribution in [0.15, 0.2) is 29.4 Å². The van der Waals surface area contributed by atoms with Crippen molar-refractivity contribution >= 4 is 34.5 Å². The molecule has 0 fully saturated rings. The number of hydrogen-bond donors (Lipinski definition) is 0. The number of aromatic nitrogens is 5. The number of fused-ring (bicyclic) bond motifs is 1. The van der Waals surface area contributed by atoms with Crippen LogP contribution < -0.4 is 0 Å². The van der Waals surface area contributed by atoms with Gasteiger partial charge < -0.3 is 0 Å². The Morgan fingerprint density at radius 1 is 1.19 bits per heavy atom. The second-order valence-electron chi connectivity index (χ2n) is 4.56. The van der Waals surface area contributed by atoms with E-state index in [0.29, 0.717) is 15.8 Å². The van der Waals surface area contributed by atoms with Gasteiger partial charge in [0.2, 0.25) is 10.8 Å². The highest BCUT2D eigenvalue weighted by Crippen LogP contribution is 2.22. The van der Waals surface area contributed by atoms with Crippen molar-refractivity contribution in [1.29, 1.82) is 0 Å². The first-order chi connectivity index (χ1) is 10.2. The number of benzene rings is 1. The van der Waals surface area contributed by atoms with Gasteiger partial charge >= 0.3 is 0 Å². The van der Waals surface area contributed by atoms with E-state index >= 15 is 0 Å². The van der Waals surface area contributed by atoms with Crippen LogP contribution in [0.25, 0.3) is 16.9 Å². The average molecular weight is 320 g/mol. The van der Waals surface area contributed by atoms with Gasteiger partial charge in [0.15, 0.2) is 0 Å². The summed E-state index contributed by atoms with van der Waals surface area (Å²) in [6.45, 7) is 2.12. The van der Waals surface area contributed by atoms with Crippen LogP contribution in [0, 0.1) is 0 Å². The van der Waals surface area contributed by atoms with E-state index < -0.39 is 0 Å². The molecule has 2 heterocycles. The van der Waals surface area contributed by atoms with E-state index in [2.05, 4.69) is 27.2 Å². The van der Waals surface area contributed by atoms with Gasteiger partial charge in [-0.1, -0.05) is 36.7 Å². The lowest BCUT2D eigenvalue weighted by Crippen LogP contribution is -1.99. The lowest BCUT2D eigenvalue weighted by atomic mass is 10.2. The van der Waals surface area contributed by atoms with E-state index in [4.69, 9.17) is 11.6 Å². The summed E-state index contributed by atoms with van der Waals surface area (Å²) in [6.07, 6.45) is 3.81. The highest BCUT2D eigenvalue weighted by molar-refractivity contribution is 7.98. The topological polar surface area (TPSA) is 56.5 Å². The predicted molar refractivity (Wildman–Crippen MR) is 85.2 cm³/mol. The van der Waals surface area contributed by atoms with Gasteiger partial charge in [0.25, 0.3) is 0 Å².